The Morgan fingerprint density at radius 2 is 1.82 bits per heavy atom. The van der Waals surface area contributed by atoms with Crippen LogP contribution in [0.5, 0.6) is 0 Å². The summed E-state index contributed by atoms with van der Waals surface area (Å²) in [7, 11) is 0. The van der Waals surface area contributed by atoms with E-state index in [2.05, 4.69) is 55.7 Å². The standard InChI is InChI=1S/C31H29N7/c1-21-27-12-16-35-30(27)8-7-29(21)38-31-25(17-32)20-36-22(2)28(31)6-5-26-4-3-24(19-37-26)18-34-15-11-23-9-13-33-14-10-23/h3-10,12-14,16,19-20,34-35H,11,15,18H2,1-2H3,(H,36,38)/b6-5+. The number of aryl methyl sites for hydroxylation is 2. The highest BCUT2D eigenvalue weighted by Crippen LogP contribution is 2.32. The van der Waals surface area contributed by atoms with Gasteiger partial charge in [-0.3, -0.25) is 15.0 Å². The van der Waals surface area contributed by atoms with Crippen LogP contribution in [0.25, 0.3) is 23.1 Å². The summed E-state index contributed by atoms with van der Waals surface area (Å²) in [4.78, 5) is 16.4. The molecule has 0 aliphatic carbocycles. The normalized spacial score (nSPS) is 11.2. The minimum atomic E-state index is 0.491. The number of nitriles is 1. The summed E-state index contributed by atoms with van der Waals surface area (Å²) in [6, 6.07) is 16.6. The average Bonchev–Trinajstić information content (AvgIpc) is 3.43. The number of aromatic nitrogens is 4. The summed E-state index contributed by atoms with van der Waals surface area (Å²) in [5, 5.41) is 17.9. The minimum Gasteiger partial charge on any atom is -0.361 e. The Kier molecular flexibility index (Phi) is 7.53. The van der Waals surface area contributed by atoms with E-state index in [1.807, 2.05) is 74.2 Å². The van der Waals surface area contributed by atoms with E-state index in [4.69, 9.17) is 0 Å². The van der Waals surface area contributed by atoms with Crippen LogP contribution in [0, 0.1) is 25.2 Å². The Balaban J connectivity index is 1.30. The molecule has 0 aliphatic rings. The minimum absolute atomic E-state index is 0.491. The average molecular weight is 500 g/mol. The van der Waals surface area contributed by atoms with Crippen LogP contribution >= 0.6 is 0 Å². The van der Waals surface area contributed by atoms with Gasteiger partial charge in [-0.15, -0.1) is 0 Å². The zero-order chi connectivity index (χ0) is 26.3. The van der Waals surface area contributed by atoms with Crippen LogP contribution in [0.2, 0.25) is 0 Å². The number of benzene rings is 1. The van der Waals surface area contributed by atoms with E-state index in [0.717, 1.165) is 69.9 Å². The first-order valence-electron chi connectivity index (χ1n) is 12.6. The number of H-pyrrole nitrogens is 1. The zero-order valence-electron chi connectivity index (χ0n) is 21.5. The highest BCUT2D eigenvalue weighted by atomic mass is 14.9. The molecule has 188 valence electrons. The maximum Gasteiger partial charge on any atom is 0.103 e. The Hall–Kier alpha value is -4.80. The molecule has 4 heterocycles. The summed E-state index contributed by atoms with van der Waals surface area (Å²) in [6.45, 7) is 5.67. The van der Waals surface area contributed by atoms with E-state index >= 15 is 0 Å². The van der Waals surface area contributed by atoms with Crippen molar-refractivity contribution < 1.29 is 0 Å². The van der Waals surface area contributed by atoms with Gasteiger partial charge in [0.05, 0.1) is 16.9 Å². The lowest BCUT2D eigenvalue weighted by Gasteiger charge is -2.15. The first kappa shape index (κ1) is 24.9. The number of hydrogen-bond donors (Lipinski definition) is 3. The maximum absolute atomic E-state index is 9.81. The molecule has 0 fully saturated rings. The Bertz CT molecular complexity index is 1610. The first-order valence-corrected chi connectivity index (χ1v) is 12.6. The molecule has 0 spiro atoms. The van der Waals surface area contributed by atoms with E-state index in [9.17, 15) is 5.26 Å². The summed E-state index contributed by atoms with van der Waals surface area (Å²) < 4.78 is 0. The fraction of sp³-hybridized carbons (Fsp3) is 0.161. The summed E-state index contributed by atoms with van der Waals surface area (Å²) in [6.07, 6.45) is 14.0. The molecule has 7 nitrogen and oxygen atoms in total. The van der Waals surface area contributed by atoms with Gasteiger partial charge in [0, 0.05) is 65.4 Å². The molecule has 3 N–H and O–H groups in total. The maximum atomic E-state index is 9.81. The van der Waals surface area contributed by atoms with Crippen LogP contribution < -0.4 is 10.6 Å². The summed E-state index contributed by atoms with van der Waals surface area (Å²) in [5.74, 6) is 0. The van der Waals surface area contributed by atoms with Gasteiger partial charge in [0.25, 0.3) is 0 Å². The molecule has 0 unspecified atom stereocenters. The predicted molar refractivity (Wildman–Crippen MR) is 153 cm³/mol. The van der Waals surface area contributed by atoms with Crippen molar-refractivity contribution in [1.82, 2.24) is 25.3 Å². The van der Waals surface area contributed by atoms with Crippen LogP contribution in [0.15, 0.2) is 73.4 Å². The van der Waals surface area contributed by atoms with Gasteiger partial charge in [0.15, 0.2) is 0 Å². The molecule has 0 saturated heterocycles. The molecule has 5 rings (SSSR count). The third-order valence-corrected chi connectivity index (χ3v) is 6.64. The number of nitrogens with one attached hydrogen (secondary N) is 3. The molecule has 0 aliphatic heterocycles. The van der Waals surface area contributed by atoms with E-state index in [1.165, 1.54) is 5.56 Å². The zero-order valence-corrected chi connectivity index (χ0v) is 21.5. The lowest BCUT2D eigenvalue weighted by Crippen LogP contribution is -2.16. The van der Waals surface area contributed by atoms with Gasteiger partial charge in [0.1, 0.15) is 6.07 Å². The molecule has 4 aromatic heterocycles. The fourth-order valence-electron chi connectivity index (χ4n) is 4.42. The quantitative estimate of drug-likeness (QED) is 0.212. The second-order valence-electron chi connectivity index (χ2n) is 9.17. The van der Waals surface area contributed by atoms with Crippen molar-refractivity contribution in [3.8, 4) is 6.07 Å². The molecule has 0 bridgehead atoms. The van der Waals surface area contributed by atoms with Gasteiger partial charge in [-0.2, -0.15) is 5.26 Å². The third kappa shape index (κ3) is 5.61. The topological polar surface area (TPSA) is 102 Å². The summed E-state index contributed by atoms with van der Waals surface area (Å²) in [5.41, 5.74) is 9.30. The largest absolute Gasteiger partial charge is 0.361 e. The van der Waals surface area contributed by atoms with E-state index in [0.29, 0.717) is 5.56 Å². The lowest BCUT2D eigenvalue weighted by molar-refractivity contribution is 0.685. The highest BCUT2D eigenvalue weighted by Gasteiger charge is 2.13. The molecular formula is C31H29N7. The molecule has 38 heavy (non-hydrogen) atoms. The van der Waals surface area contributed by atoms with E-state index in [-0.39, 0.29) is 0 Å². The van der Waals surface area contributed by atoms with Crippen LogP contribution in [-0.4, -0.2) is 26.5 Å². The number of hydrogen-bond acceptors (Lipinski definition) is 6. The van der Waals surface area contributed by atoms with Gasteiger partial charge < -0.3 is 15.6 Å². The van der Waals surface area contributed by atoms with Crippen molar-refractivity contribution in [2.75, 3.05) is 11.9 Å². The number of aromatic amines is 1. The van der Waals surface area contributed by atoms with Crippen molar-refractivity contribution in [3.63, 3.8) is 0 Å². The fourth-order valence-corrected chi connectivity index (χ4v) is 4.42. The predicted octanol–water partition coefficient (Wildman–Crippen LogP) is 6.09. The number of nitrogens with zero attached hydrogens (tertiary/aromatic N) is 4. The van der Waals surface area contributed by atoms with Gasteiger partial charge in [0.2, 0.25) is 0 Å². The van der Waals surface area contributed by atoms with Crippen molar-refractivity contribution >= 4 is 34.4 Å². The van der Waals surface area contributed by atoms with Gasteiger partial charge >= 0.3 is 0 Å². The van der Waals surface area contributed by atoms with Crippen molar-refractivity contribution in [3.05, 3.63) is 113 Å². The first-order chi connectivity index (χ1) is 18.6. The smallest absolute Gasteiger partial charge is 0.103 e. The monoisotopic (exact) mass is 499 g/mol. The molecule has 1 aromatic carbocycles. The van der Waals surface area contributed by atoms with Gasteiger partial charge in [-0.05, 0) is 92.1 Å². The SMILES string of the molecule is Cc1ncc(C#N)c(Nc2ccc3[nH]ccc3c2C)c1/C=C/c1ccc(CNCCc2ccncc2)cn1. The molecular weight excluding hydrogens is 470 g/mol. The van der Waals surface area contributed by atoms with Gasteiger partial charge in [-0.1, -0.05) is 6.07 Å². The van der Waals surface area contributed by atoms with Crippen LogP contribution in [0.3, 0.4) is 0 Å². The molecule has 7 heteroatoms. The van der Waals surface area contributed by atoms with E-state index in [1.54, 1.807) is 6.20 Å². The van der Waals surface area contributed by atoms with Crippen LogP contribution in [0.4, 0.5) is 11.4 Å². The van der Waals surface area contributed by atoms with Crippen LogP contribution in [0.1, 0.15) is 39.2 Å². The van der Waals surface area contributed by atoms with Crippen molar-refractivity contribution in [1.29, 1.82) is 5.26 Å². The second-order valence-corrected chi connectivity index (χ2v) is 9.17. The molecule has 0 atom stereocenters. The number of fused-ring (bicyclic) bond motifs is 1. The molecule has 0 saturated carbocycles. The molecule has 0 radical (unpaired) electrons. The Morgan fingerprint density at radius 1 is 0.947 bits per heavy atom. The van der Waals surface area contributed by atoms with Crippen molar-refractivity contribution in [2.24, 2.45) is 0 Å². The Morgan fingerprint density at radius 3 is 2.61 bits per heavy atom. The van der Waals surface area contributed by atoms with Crippen LogP contribution in [-0.2, 0) is 13.0 Å². The van der Waals surface area contributed by atoms with Gasteiger partial charge in [-0.25, -0.2) is 0 Å². The number of anilines is 2. The third-order valence-electron chi connectivity index (χ3n) is 6.64. The van der Waals surface area contributed by atoms with E-state index < -0.39 is 0 Å². The lowest BCUT2D eigenvalue weighted by atomic mass is 10.0. The Labute approximate surface area is 222 Å². The second kappa shape index (κ2) is 11.5. The highest BCUT2D eigenvalue weighted by molar-refractivity contribution is 5.90. The number of pyridine rings is 3. The van der Waals surface area contributed by atoms with Crippen molar-refractivity contribution in [2.45, 2.75) is 26.8 Å². The molecule has 0 amide bonds. The summed E-state index contributed by atoms with van der Waals surface area (Å²) >= 11 is 0. The molecule has 5 aromatic rings. The number of rotatable bonds is 9.